The van der Waals surface area contributed by atoms with Crippen LogP contribution in [0.1, 0.15) is 53.6 Å². The molecule has 2 N–H and O–H groups in total. The van der Waals surface area contributed by atoms with E-state index < -0.39 is 35.2 Å². The molecule has 0 bridgehead atoms. The van der Waals surface area contributed by atoms with E-state index in [0.29, 0.717) is 30.8 Å². The molecule has 0 saturated carbocycles. The van der Waals surface area contributed by atoms with E-state index in [1.54, 1.807) is 17.0 Å². The van der Waals surface area contributed by atoms with Crippen molar-refractivity contribution in [2.75, 3.05) is 41.7 Å². The Morgan fingerprint density at radius 1 is 0.676 bits per heavy atom. The highest BCUT2D eigenvalue weighted by molar-refractivity contribution is 6.04. The Hall–Kier alpha value is -3.44. The fourth-order valence-electron chi connectivity index (χ4n) is 4.61. The molecular weight excluding hydrogens is 502 g/mol. The van der Waals surface area contributed by atoms with Crippen molar-refractivity contribution in [3.05, 3.63) is 53.1 Å². The van der Waals surface area contributed by atoms with Crippen molar-refractivity contribution in [1.82, 2.24) is 4.90 Å². The van der Waals surface area contributed by atoms with Crippen LogP contribution in [0.4, 0.5) is 48.2 Å². The first-order chi connectivity index (χ1) is 17.4. The van der Waals surface area contributed by atoms with Crippen molar-refractivity contribution >= 4 is 29.0 Å². The maximum Gasteiger partial charge on any atom is 0.416 e. The lowest BCUT2D eigenvalue weighted by molar-refractivity contribution is -0.143. The standard InChI is InChI=1S/C25H26F6N4O2/c26-24(27,28)16-12-17(25(29,30)31)14-19(13-16)33-23(37)32-18-6-7-21(34-8-2-1-3-9-34)20(15-18)22(36)35-10-4-5-11-35/h6-7,12-15H,1-5,8-11H2,(H2,32,33,37). The summed E-state index contributed by atoms with van der Waals surface area (Å²) in [7, 11) is 0. The van der Waals surface area contributed by atoms with Crippen LogP contribution in [-0.2, 0) is 12.4 Å². The number of carbonyl (C=O) groups excluding carboxylic acids is 2. The summed E-state index contributed by atoms with van der Waals surface area (Å²) in [6, 6.07) is 4.55. The molecular formula is C25H26F6N4O2. The third-order valence-electron chi connectivity index (χ3n) is 6.42. The van der Waals surface area contributed by atoms with Gasteiger partial charge in [-0.25, -0.2) is 4.79 Å². The average molecular weight is 528 g/mol. The first kappa shape index (κ1) is 26.6. The largest absolute Gasteiger partial charge is 0.416 e. The Bertz CT molecular complexity index is 1120. The number of anilines is 3. The smallest absolute Gasteiger partial charge is 0.371 e. The summed E-state index contributed by atoms with van der Waals surface area (Å²) in [5.74, 6) is -0.185. The molecule has 0 atom stereocenters. The van der Waals surface area contributed by atoms with Crippen LogP contribution in [0.25, 0.3) is 0 Å². The fourth-order valence-corrected chi connectivity index (χ4v) is 4.61. The van der Waals surface area contributed by atoms with Crippen molar-refractivity contribution < 1.29 is 35.9 Å². The highest BCUT2D eigenvalue weighted by Crippen LogP contribution is 2.37. The minimum absolute atomic E-state index is 0.0152. The van der Waals surface area contributed by atoms with Gasteiger partial charge in [0.25, 0.3) is 5.91 Å². The number of hydrogen-bond donors (Lipinski definition) is 2. The quantitative estimate of drug-likeness (QED) is 0.440. The Morgan fingerprint density at radius 2 is 1.22 bits per heavy atom. The molecule has 37 heavy (non-hydrogen) atoms. The molecule has 2 fully saturated rings. The third-order valence-corrected chi connectivity index (χ3v) is 6.42. The molecule has 12 heteroatoms. The summed E-state index contributed by atoms with van der Waals surface area (Å²) in [6.45, 7) is 2.80. The number of likely N-dealkylation sites (tertiary alicyclic amines) is 1. The number of carbonyl (C=O) groups is 2. The SMILES string of the molecule is O=C(Nc1cc(C(F)(F)F)cc(C(F)(F)F)c1)Nc1ccc(N2CCCCC2)c(C(=O)N2CCCC2)c1. The molecule has 2 aromatic rings. The molecule has 4 rings (SSSR count). The number of amides is 3. The van der Waals surface area contributed by atoms with E-state index in [-0.39, 0.29) is 17.7 Å². The molecule has 0 aliphatic carbocycles. The Morgan fingerprint density at radius 3 is 1.78 bits per heavy atom. The molecule has 2 aliphatic rings. The minimum Gasteiger partial charge on any atom is -0.371 e. The van der Waals surface area contributed by atoms with E-state index >= 15 is 0 Å². The lowest BCUT2D eigenvalue weighted by Crippen LogP contribution is -2.34. The number of benzene rings is 2. The number of nitrogens with one attached hydrogen (secondary N) is 2. The first-order valence-corrected chi connectivity index (χ1v) is 12.0. The van der Waals surface area contributed by atoms with Crippen LogP contribution in [0.3, 0.4) is 0 Å². The van der Waals surface area contributed by atoms with Gasteiger partial charge < -0.3 is 20.4 Å². The van der Waals surface area contributed by atoms with E-state index in [4.69, 9.17) is 0 Å². The number of rotatable bonds is 4. The van der Waals surface area contributed by atoms with Crippen LogP contribution < -0.4 is 15.5 Å². The highest BCUT2D eigenvalue weighted by Gasteiger charge is 2.37. The number of urea groups is 1. The summed E-state index contributed by atoms with van der Waals surface area (Å²) >= 11 is 0. The fraction of sp³-hybridized carbons (Fsp3) is 0.440. The van der Waals surface area contributed by atoms with Crippen molar-refractivity contribution in [1.29, 1.82) is 0 Å². The van der Waals surface area contributed by atoms with Gasteiger partial charge in [-0.3, -0.25) is 4.79 Å². The zero-order chi connectivity index (χ0) is 26.8. The molecule has 2 heterocycles. The summed E-state index contributed by atoms with van der Waals surface area (Å²) in [5.41, 5.74) is -2.44. The molecule has 0 unspecified atom stereocenters. The summed E-state index contributed by atoms with van der Waals surface area (Å²) in [5, 5.41) is 4.46. The molecule has 2 aromatic carbocycles. The van der Waals surface area contributed by atoms with E-state index in [1.165, 1.54) is 6.07 Å². The van der Waals surface area contributed by atoms with Crippen LogP contribution in [-0.4, -0.2) is 43.0 Å². The number of hydrogen-bond acceptors (Lipinski definition) is 3. The minimum atomic E-state index is -5.04. The lowest BCUT2D eigenvalue weighted by atomic mass is 10.1. The zero-order valence-electron chi connectivity index (χ0n) is 19.8. The van der Waals surface area contributed by atoms with Crippen LogP contribution >= 0.6 is 0 Å². The van der Waals surface area contributed by atoms with Gasteiger partial charge in [0.15, 0.2) is 0 Å². The maximum atomic E-state index is 13.3. The van der Waals surface area contributed by atoms with Crippen LogP contribution in [0.15, 0.2) is 36.4 Å². The average Bonchev–Trinajstić information content (AvgIpc) is 3.38. The van der Waals surface area contributed by atoms with Crippen LogP contribution in [0.5, 0.6) is 0 Å². The van der Waals surface area contributed by atoms with Gasteiger partial charge in [-0.15, -0.1) is 0 Å². The highest BCUT2D eigenvalue weighted by atomic mass is 19.4. The molecule has 2 aliphatic heterocycles. The number of nitrogens with zero attached hydrogens (tertiary/aromatic N) is 2. The van der Waals surface area contributed by atoms with Crippen molar-refractivity contribution in [2.45, 2.75) is 44.5 Å². The van der Waals surface area contributed by atoms with Gasteiger partial charge in [-0.05, 0) is 68.5 Å². The molecule has 0 radical (unpaired) electrons. The molecule has 6 nitrogen and oxygen atoms in total. The first-order valence-electron chi connectivity index (χ1n) is 12.0. The predicted octanol–water partition coefficient (Wildman–Crippen LogP) is 6.59. The van der Waals surface area contributed by atoms with Gasteiger partial charge >= 0.3 is 18.4 Å². The number of halogens is 6. The lowest BCUT2D eigenvalue weighted by Gasteiger charge is -2.31. The molecule has 0 aromatic heterocycles. The van der Waals surface area contributed by atoms with Gasteiger partial charge in [-0.2, -0.15) is 26.3 Å². The summed E-state index contributed by atoms with van der Waals surface area (Å²) < 4.78 is 78.7. The molecule has 3 amide bonds. The molecule has 200 valence electrons. The zero-order valence-corrected chi connectivity index (χ0v) is 19.8. The third kappa shape index (κ3) is 6.47. The van der Waals surface area contributed by atoms with Gasteiger partial charge in [-0.1, -0.05) is 0 Å². The second kappa shape index (κ2) is 10.5. The molecule has 0 spiro atoms. The number of alkyl halides is 6. The van der Waals surface area contributed by atoms with E-state index in [2.05, 4.69) is 10.2 Å². The van der Waals surface area contributed by atoms with Crippen LogP contribution in [0.2, 0.25) is 0 Å². The Kier molecular flexibility index (Phi) is 7.56. The van der Waals surface area contributed by atoms with Gasteiger partial charge in [0.05, 0.1) is 16.7 Å². The van der Waals surface area contributed by atoms with Crippen molar-refractivity contribution in [2.24, 2.45) is 0 Å². The molecule has 2 saturated heterocycles. The second-order valence-corrected chi connectivity index (χ2v) is 9.15. The summed E-state index contributed by atoms with van der Waals surface area (Å²) in [4.78, 5) is 29.6. The van der Waals surface area contributed by atoms with Crippen LogP contribution in [0, 0.1) is 0 Å². The van der Waals surface area contributed by atoms with Crippen molar-refractivity contribution in [3.63, 3.8) is 0 Å². The normalized spacial score (nSPS) is 16.6. The van der Waals surface area contributed by atoms with E-state index in [1.807, 2.05) is 5.32 Å². The number of piperidine rings is 1. The Labute approximate surface area is 209 Å². The second-order valence-electron chi connectivity index (χ2n) is 9.15. The van der Waals surface area contributed by atoms with Gasteiger partial charge in [0.2, 0.25) is 0 Å². The van der Waals surface area contributed by atoms with E-state index in [0.717, 1.165) is 50.9 Å². The Balaban J connectivity index is 1.58. The topological polar surface area (TPSA) is 64.7 Å². The predicted molar refractivity (Wildman–Crippen MR) is 127 cm³/mol. The van der Waals surface area contributed by atoms with Gasteiger partial charge in [0.1, 0.15) is 0 Å². The van der Waals surface area contributed by atoms with Crippen molar-refractivity contribution in [3.8, 4) is 0 Å². The maximum absolute atomic E-state index is 13.3. The van der Waals surface area contributed by atoms with E-state index in [9.17, 15) is 35.9 Å². The van der Waals surface area contributed by atoms with Gasteiger partial charge in [0, 0.05) is 43.2 Å². The summed E-state index contributed by atoms with van der Waals surface area (Å²) in [6.07, 6.45) is -5.23. The monoisotopic (exact) mass is 528 g/mol.